The van der Waals surface area contributed by atoms with Crippen LogP contribution in [0, 0.1) is 17.2 Å². The fourth-order valence-corrected chi connectivity index (χ4v) is 1.54. The first-order valence-electron chi connectivity index (χ1n) is 6.82. The number of rotatable bonds is 10. The molecule has 0 aliphatic carbocycles. The third-order valence-corrected chi connectivity index (χ3v) is 3.38. The van der Waals surface area contributed by atoms with Crippen LogP contribution in [-0.2, 0) is 14.3 Å². The van der Waals surface area contributed by atoms with Crippen LogP contribution in [0.2, 0.25) is 0 Å². The topological polar surface area (TPSA) is 74.6 Å². The molecule has 6 nitrogen and oxygen atoms in total. The highest BCUT2D eigenvalue weighted by Crippen LogP contribution is 2.14. The van der Waals surface area contributed by atoms with Crippen molar-refractivity contribution in [3.63, 3.8) is 0 Å². The highest BCUT2D eigenvalue weighted by atomic mass is 16.5. The predicted molar refractivity (Wildman–Crippen MR) is 77.2 cm³/mol. The molecule has 0 fully saturated rings. The number of ether oxygens (including phenoxy) is 2. The highest BCUT2D eigenvalue weighted by Gasteiger charge is 2.30. The average Bonchev–Trinajstić information content (AvgIpc) is 2.41. The van der Waals surface area contributed by atoms with Gasteiger partial charge in [0.05, 0.1) is 25.8 Å². The Morgan fingerprint density at radius 2 is 1.80 bits per heavy atom. The van der Waals surface area contributed by atoms with Gasteiger partial charge in [-0.1, -0.05) is 13.8 Å². The lowest BCUT2D eigenvalue weighted by Crippen LogP contribution is -2.52. The maximum absolute atomic E-state index is 12.1. The molecule has 0 radical (unpaired) electrons. The second kappa shape index (κ2) is 9.70. The first-order valence-corrected chi connectivity index (χ1v) is 6.82. The molecule has 0 saturated carbocycles. The minimum Gasteiger partial charge on any atom is -0.383 e. The van der Waals surface area contributed by atoms with Crippen LogP contribution < -0.4 is 5.32 Å². The number of hydrogen-bond donors (Lipinski definition) is 1. The van der Waals surface area contributed by atoms with E-state index >= 15 is 0 Å². The van der Waals surface area contributed by atoms with Gasteiger partial charge in [-0.3, -0.25) is 9.69 Å². The van der Waals surface area contributed by atoms with Crippen LogP contribution >= 0.6 is 0 Å². The van der Waals surface area contributed by atoms with Crippen molar-refractivity contribution in [2.45, 2.75) is 26.3 Å². The molecule has 0 bridgehead atoms. The fraction of sp³-hybridized carbons (Fsp3) is 0.857. The molecule has 0 aromatic heterocycles. The van der Waals surface area contributed by atoms with Gasteiger partial charge in [0.2, 0.25) is 5.91 Å². The third-order valence-electron chi connectivity index (χ3n) is 3.38. The van der Waals surface area contributed by atoms with Crippen molar-refractivity contribution in [2.24, 2.45) is 5.92 Å². The Morgan fingerprint density at radius 1 is 1.30 bits per heavy atom. The Balaban J connectivity index is 4.47. The monoisotopic (exact) mass is 285 g/mol. The maximum atomic E-state index is 12.1. The number of hydrogen-bond acceptors (Lipinski definition) is 5. The fourth-order valence-electron chi connectivity index (χ4n) is 1.54. The SMILES string of the molecule is COCCN(CCOC)CC(=O)NC(C)(C#N)C(C)C. The number of amides is 1. The van der Waals surface area contributed by atoms with E-state index < -0.39 is 5.54 Å². The summed E-state index contributed by atoms with van der Waals surface area (Å²) >= 11 is 0. The summed E-state index contributed by atoms with van der Waals surface area (Å²) in [4.78, 5) is 14.0. The maximum Gasteiger partial charge on any atom is 0.235 e. The van der Waals surface area contributed by atoms with E-state index in [2.05, 4.69) is 11.4 Å². The van der Waals surface area contributed by atoms with Gasteiger partial charge >= 0.3 is 0 Å². The van der Waals surface area contributed by atoms with Crippen molar-refractivity contribution in [3.05, 3.63) is 0 Å². The van der Waals surface area contributed by atoms with E-state index in [1.165, 1.54) is 0 Å². The lowest BCUT2D eigenvalue weighted by Gasteiger charge is -2.29. The molecule has 20 heavy (non-hydrogen) atoms. The predicted octanol–water partition coefficient (Wildman–Crippen LogP) is 0.636. The average molecular weight is 285 g/mol. The minimum atomic E-state index is -0.842. The van der Waals surface area contributed by atoms with Gasteiger partial charge in [0, 0.05) is 27.3 Å². The van der Waals surface area contributed by atoms with Crippen LogP contribution in [0.1, 0.15) is 20.8 Å². The zero-order valence-electron chi connectivity index (χ0n) is 13.2. The summed E-state index contributed by atoms with van der Waals surface area (Å²) < 4.78 is 10.1. The molecule has 0 heterocycles. The summed E-state index contributed by atoms with van der Waals surface area (Å²) in [6, 6.07) is 2.17. The van der Waals surface area contributed by atoms with Gasteiger partial charge in [-0.15, -0.1) is 0 Å². The largest absolute Gasteiger partial charge is 0.383 e. The molecule has 6 heteroatoms. The van der Waals surface area contributed by atoms with Gasteiger partial charge in [-0.2, -0.15) is 5.26 Å². The second-order valence-corrected chi connectivity index (χ2v) is 5.28. The van der Waals surface area contributed by atoms with Crippen molar-refractivity contribution in [3.8, 4) is 6.07 Å². The molecule has 0 aliphatic heterocycles. The number of nitrogens with one attached hydrogen (secondary N) is 1. The smallest absolute Gasteiger partial charge is 0.235 e. The van der Waals surface area contributed by atoms with Gasteiger partial charge in [0.15, 0.2) is 0 Å². The van der Waals surface area contributed by atoms with E-state index in [1.807, 2.05) is 18.7 Å². The zero-order valence-corrected chi connectivity index (χ0v) is 13.2. The highest BCUT2D eigenvalue weighted by molar-refractivity contribution is 5.79. The first-order chi connectivity index (χ1) is 9.39. The van der Waals surface area contributed by atoms with Gasteiger partial charge in [0.1, 0.15) is 5.54 Å². The number of nitrogens with zero attached hydrogens (tertiary/aromatic N) is 2. The molecule has 0 aliphatic rings. The minimum absolute atomic E-state index is 0.0443. The lowest BCUT2D eigenvalue weighted by molar-refractivity contribution is -0.124. The van der Waals surface area contributed by atoms with Crippen molar-refractivity contribution < 1.29 is 14.3 Å². The van der Waals surface area contributed by atoms with Gasteiger partial charge < -0.3 is 14.8 Å². The molecule has 0 aromatic rings. The Kier molecular flexibility index (Phi) is 9.14. The van der Waals surface area contributed by atoms with Crippen molar-refractivity contribution >= 4 is 5.91 Å². The Morgan fingerprint density at radius 3 is 2.15 bits per heavy atom. The molecule has 1 N–H and O–H groups in total. The third kappa shape index (κ3) is 6.85. The molecule has 1 amide bonds. The molecule has 1 atom stereocenters. The first kappa shape index (κ1) is 18.8. The molecular formula is C14H27N3O3. The van der Waals surface area contributed by atoms with E-state index in [9.17, 15) is 10.1 Å². The van der Waals surface area contributed by atoms with Crippen LogP contribution in [0.15, 0.2) is 0 Å². The Labute approximate surface area is 122 Å². The van der Waals surface area contributed by atoms with E-state index in [4.69, 9.17) is 9.47 Å². The Bertz CT molecular complexity index is 320. The number of methoxy groups -OCH3 is 2. The normalized spacial score (nSPS) is 14.1. The number of carbonyl (C=O) groups is 1. The zero-order chi connectivity index (χ0) is 15.6. The summed E-state index contributed by atoms with van der Waals surface area (Å²) in [6.07, 6.45) is 0. The quantitative estimate of drug-likeness (QED) is 0.637. The van der Waals surface area contributed by atoms with Crippen molar-refractivity contribution in [1.82, 2.24) is 10.2 Å². The summed E-state index contributed by atoms with van der Waals surface area (Å²) in [5, 5.41) is 12.0. The van der Waals surface area contributed by atoms with Crippen LogP contribution in [0.25, 0.3) is 0 Å². The Hall–Kier alpha value is -1.16. The molecule has 116 valence electrons. The summed E-state index contributed by atoms with van der Waals surface area (Å²) in [6.45, 7) is 8.21. The van der Waals surface area contributed by atoms with Crippen LogP contribution in [0.3, 0.4) is 0 Å². The molecule has 0 aromatic carbocycles. The van der Waals surface area contributed by atoms with E-state index in [0.717, 1.165) is 0 Å². The second-order valence-electron chi connectivity index (χ2n) is 5.28. The van der Waals surface area contributed by atoms with E-state index in [-0.39, 0.29) is 18.4 Å². The lowest BCUT2D eigenvalue weighted by atomic mass is 9.90. The molecular weight excluding hydrogens is 258 g/mol. The van der Waals surface area contributed by atoms with Gasteiger partial charge in [-0.25, -0.2) is 0 Å². The standard InChI is InChI=1S/C14H27N3O3/c1-12(2)14(3,11-15)16-13(18)10-17(6-8-19-4)7-9-20-5/h12H,6-10H2,1-5H3,(H,16,18). The van der Waals surface area contributed by atoms with Crippen LogP contribution in [0.5, 0.6) is 0 Å². The van der Waals surface area contributed by atoms with Gasteiger partial charge in [-0.05, 0) is 12.8 Å². The van der Waals surface area contributed by atoms with Gasteiger partial charge in [0.25, 0.3) is 0 Å². The summed E-state index contributed by atoms with van der Waals surface area (Å²) in [7, 11) is 3.25. The number of carbonyl (C=O) groups excluding carboxylic acids is 1. The van der Waals surface area contributed by atoms with Crippen LogP contribution in [-0.4, -0.2) is 63.4 Å². The van der Waals surface area contributed by atoms with Crippen molar-refractivity contribution in [2.75, 3.05) is 47.1 Å². The van der Waals surface area contributed by atoms with E-state index in [0.29, 0.717) is 26.3 Å². The molecule has 0 spiro atoms. The molecule has 1 unspecified atom stereocenters. The summed E-state index contributed by atoms with van der Waals surface area (Å²) in [5.41, 5.74) is -0.842. The van der Waals surface area contributed by atoms with E-state index in [1.54, 1.807) is 21.1 Å². The molecule has 0 saturated heterocycles. The number of nitriles is 1. The van der Waals surface area contributed by atoms with Crippen molar-refractivity contribution in [1.29, 1.82) is 5.26 Å². The van der Waals surface area contributed by atoms with Crippen LogP contribution in [0.4, 0.5) is 0 Å². The summed E-state index contributed by atoms with van der Waals surface area (Å²) in [5.74, 6) is -0.113. The molecule has 0 rings (SSSR count).